The second-order valence-electron chi connectivity index (χ2n) is 7.84. The number of ether oxygens (including phenoxy) is 2. The first-order valence-corrected chi connectivity index (χ1v) is 10.6. The number of benzene rings is 3. The van der Waals surface area contributed by atoms with E-state index in [1.807, 2.05) is 30.3 Å². The van der Waals surface area contributed by atoms with Crippen LogP contribution in [0.15, 0.2) is 66.7 Å². The van der Waals surface area contributed by atoms with Crippen LogP contribution in [0.2, 0.25) is 0 Å². The third-order valence-corrected chi connectivity index (χ3v) is 5.68. The molecule has 1 N–H and O–H groups in total. The summed E-state index contributed by atoms with van der Waals surface area (Å²) < 4.78 is 24.7. The molecule has 0 saturated heterocycles. The van der Waals surface area contributed by atoms with Gasteiger partial charge in [-0.3, -0.25) is 0 Å². The molecule has 0 radical (unpaired) electrons. The van der Waals surface area contributed by atoms with Crippen LogP contribution in [-0.4, -0.2) is 19.7 Å². The van der Waals surface area contributed by atoms with Crippen LogP contribution in [-0.2, 0) is 19.3 Å². The highest BCUT2D eigenvalue weighted by Crippen LogP contribution is 2.33. The minimum absolute atomic E-state index is 0.184. The van der Waals surface area contributed by atoms with E-state index in [9.17, 15) is 4.39 Å². The second-order valence-corrected chi connectivity index (χ2v) is 7.84. The van der Waals surface area contributed by atoms with Crippen LogP contribution in [0.1, 0.15) is 29.5 Å². The van der Waals surface area contributed by atoms with Crippen molar-refractivity contribution in [1.29, 1.82) is 0 Å². The molecule has 0 fully saturated rings. The lowest BCUT2D eigenvalue weighted by Crippen LogP contribution is -2.32. The molecule has 156 valence electrons. The van der Waals surface area contributed by atoms with Gasteiger partial charge in [0.15, 0.2) is 11.5 Å². The summed E-state index contributed by atoms with van der Waals surface area (Å²) in [5, 5.41) is 3.73. The number of rotatable bonds is 5. The molecule has 0 aliphatic carbocycles. The normalized spacial score (nSPS) is 16.1. The number of fused-ring (bicyclic) bond motifs is 4. The van der Waals surface area contributed by atoms with Gasteiger partial charge >= 0.3 is 0 Å². The second kappa shape index (κ2) is 9.77. The lowest BCUT2D eigenvalue weighted by atomic mass is 9.98. The van der Waals surface area contributed by atoms with Crippen molar-refractivity contribution in [2.45, 2.75) is 38.1 Å². The summed E-state index contributed by atoms with van der Waals surface area (Å²) >= 11 is 0. The Kier molecular flexibility index (Phi) is 6.65. The molecule has 4 heteroatoms. The summed E-state index contributed by atoms with van der Waals surface area (Å²) in [6.07, 6.45) is 4.98. The van der Waals surface area contributed by atoms with Gasteiger partial charge in [-0.2, -0.15) is 0 Å². The molecule has 0 aromatic heterocycles. The van der Waals surface area contributed by atoms with Crippen molar-refractivity contribution in [1.82, 2.24) is 5.32 Å². The van der Waals surface area contributed by atoms with Crippen molar-refractivity contribution in [3.8, 4) is 17.2 Å². The summed E-state index contributed by atoms with van der Waals surface area (Å²) in [7, 11) is 1.67. The molecular formula is C26H28FNO2. The summed E-state index contributed by atoms with van der Waals surface area (Å²) in [6, 6.07) is 21.7. The zero-order chi connectivity index (χ0) is 20.8. The average Bonchev–Trinajstić information content (AvgIpc) is 2.76. The minimum Gasteiger partial charge on any atom is -0.493 e. The quantitative estimate of drug-likeness (QED) is 0.590. The zero-order valence-corrected chi connectivity index (χ0v) is 17.4. The molecule has 1 unspecified atom stereocenters. The molecule has 0 saturated carbocycles. The van der Waals surface area contributed by atoms with Gasteiger partial charge in [0.05, 0.1) is 7.11 Å². The molecule has 1 heterocycles. The van der Waals surface area contributed by atoms with Gasteiger partial charge in [-0.05, 0) is 91.7 Å². The van der Waals surface area contributed by atoms with Crippen LogP contribution in [0.25, 0.3) is 0 Å². The highest BCUT2D eigenvalue weighted by atomic mass is 19.1. The Morgan fingerprint density at radius 1 is 0.967 bits per heavy atom. The largest absolute Gasteiger partial charge is 0.493 e. The van der Waals surface area contributed by atoms with Crippen molar-refractivity contribution in [3.63, 3.8) is 0 Å². The van der Waals surface area contributed by atoms with Crippen LogP contribution in [0.3, 0.4) is 0 Å². The number of hydrogen-bond donors (Lipinski definition) is 1. The van der Waals surface area contributed by atoms with Gasteiger partial charge in [0.1, 0.15) is 11.6 Å². The van der Waals surface area contributed by atoms with Gasteiger partial charge in [0.25, 0.3) is 0 Å². The van der Waals surface area contributed by atoms with Gasteiger partial charge in [-0.1, -0.05) is 30.3 Å². The Hall–Kier alpha value is -2.85. The van der Waals surface area contributed by atoms with E-state index in [1.54, 1.807) is 7.11 Å². The van der Waals surface area contributed by atoms with Gasteiger partial charge < -0.3 is 14.8 Å². The van der Waals surface area contributed by atoms with Gasteiger partial charge in [-0.15, -0.1) is 0 Å². The van der Waals surface area contributed by atoms with Crippen LogP contribution in [0, 0.1) is 5.82 Å². The Morgan fingerprint density at radius 3 is 2.50 bits per heavy atom. The molecule has 1 atom stereocenters. The van der Waals surface area contributed by atoms with E-state index in [4.69, 9.17) is 9.47 Å². The van der Waals surface area contributed by atoms with E-state index < -0.39 is 0 Å². The number of halogens is 1. The lowest BCUT2D eigenvalue weighted by molar-refractivity contribution is 0.377. The minimum atomic E-state index is -0.184. The van der Waals surface area contributed by atoms with Gasteiger partial charge in [-0.25, -0.2) is 4.39 Å². The SMILES string of the molecule is COc1ccc2cc1Oc1cccc(c1)CCC(NCCc1ccc(F)cc1)CC2. The van der Waals surface area contributed by atoms with Crippen LogP contribution >= 0.6 is 0 Å². The Balaban J connectivity index is 1.48. The molecule has 30 heavy (non-hydrogen) atoms. The van der Waals surface area contributed by atoms with Gasteiger partial charge in [0, 0.05) is 6.04 Å². The van der Waals surface area contributed by atoms with Crippen molar-refractivity contribution in [2.24, 2.45) is 0 Å². The summed E-state index contributed by atoms with van der Waals surface area (Å²) in [4.78, 5) is 0. The maximum absolute atomic E-state index is 13.1. The topological polar surface area (TPSA) is 30.5 Å². The number of hydrogen-bond acceptors (Lipinski definition) is 3. The summed E-state index contributed by atoms with van der Waals surface area (Å²) in [5.74, 6) is 2.16. The molecular weight excluding hydrogens is 377 g/mol. The average molecular weight is 406 g/mol. The van der Waals surface area contributed by atoms with E-state index >= 15 is 0 Å². The fourth-order valence-corrected chi connectivity index (χ4v) is 3.95. The van der Waals surface area contributed by atoms with Crippen molar-refractivity contribution in [3.05, 3.63) is 89.2 Å². The first kappa shape index (κ1) is 20.4. The number of aryl methyl sites for hydroxylation is 2. The molecule has 3 aromatic rings. The summed E-state index contributed by atoms with van der Waals surface area (Å²) in [5.41, 5.74) is 3.67. The Bertz CT molecular complexity index is 971. The molecule has 4 bridgehead atoms. The van der Waals surface area contributed by atoms with E-state index in [0.29, 0.717) is 6.04 Å². The van der Waals surface area contributed by atoms with Crippen molar-refractivity contribution < 1.29 is 13.9 Å². The zero-order valence-electron chi connectivity index (χ0n) is 17.4. The van der Waals surface area contributed by atoms with Crippen LogP contribution < -0.4 is 14.8 Å². The first-order chi connectivity index (χ1) is 14.7. The fourth-order valence-electron chi connectivity index (χ4n) is 3.95. The standard InChI is InChI=1S/C26H28FNO2/c1-29-25-14-9-21-8-13-23(28-16-15-19-5-10-22(27)11-6-19)12-7-20-3-2-4-24(17-20)30-26(25)18-21/h2-6,9-11,14,17-18,23,28H,7-8,12-13,15-16H2,1H3. The molecule has 4 rings (SSSR count). The third-order valence-electron chi connectivity index (χ3n) is 5.68. The van der Waals surface area contributed by atoms with Crippen molar-refractivity contribution in [2.75, 3.05) is 13.7 Å². The monoisotopic (exact) mass is 405 g/mol. The van der Waals surface area contributed by atoms with E-state index in [2.05, 4.69) is 29.6 Å². The Morgan fingerprint density at radius 2 is 1.73 bits per heavy atom. The van der Waals surface area contributed by atoms with Crippen LogP contribution in [0.4, 0.5) is 4.39 Å². The predicted molar refractivity (Wildman–Crippen MR) is 118 cm³/mol. The van der Waals surface area contributed by atoms with Gasteiger partial charge in [0.2, 0.25) is 0 Å². The Labute approximate surface area is 177 Å². The van der Waals surface area contributed by atoms with Crippen LogP contribution in [0.5, 0.6) is 17.2 Å². The smallest absolute Gasteiger partial charge is 0.169 e. The molecule has 0 spiro atoms. The highest BCUT2D eigenvalue weighted by Gasteiger charge is 2.14. The number of nitrogens with one attached hydrogen (secondary N) is 1. The fraction of sp³-hybridized carbons (Fsp3) is 0.308. The molecule has 1 aliphatic heterocycles. The number of methoxy groups -OCH3 is 1. The maximum Gasteiger partial charge on any atom is 0.169 e. The molecule has 1 aliphatic rings. The predicted octanol–water partition coefficient (Wildman–Crippen LogP) is 5.71. The van der Waals surface area contributed by atoms with Crippen molar-refractivity contribution >= 4 is 0 Å². The third kappa shape index (κ3) is 5.39. The molecule has 3 aromatic carbocycles. The van der Waals surface area contributed by atoms with E-state index in [1.165, 1.54) is 23.3 Å². The molecule has 0 amide bonds. The first-order valence-electron chi connectivity index (χ1n) is 10.6. The van der Waals surface area contributed by atoms with E-state index in [0.717, 1.165) is 61.5 Å². The van der Waals surface area contributed by atoms with E-state index in [-0.39, 0.29) is 5.82 Å². The lowest BCUT2D eigenvalue weighted by Gasteiger charge is -2.21. The maximum atomic E-state index is 13.1. The summed E-state index contributed by atoms with van der Waals surface area (Å²) in [6.45, 7) is 0.882. The molecule has 3 nitrogen and oxygen atoms in total. The highest BCUT2D eigenvalue weighted by molar-refractivity contribution is 5.46.